The third-order valence-corrected chi connectivity index (χ3v) is 6.13. The van der Waals surface area contributed by atoms with Crippen LogP contribution in [0.1, 0.15) is 37.4 Å². The molecule has 5 rings (SSSR count). The Bertz CT molecular complexity index is 816. The molecule has 1 amide bonds. The third-order valence-electron chi connectivity index (χ3n) is 5.84. The van der Waals surface area contributed by atoms with Crippen LogP contribution in [0.2, 0.25) is 5.15 Å². The second kappa shape index (κ2) is 4.45. The summed E-state index contributed by atoms with van der Waals surface area (Å²) in [6.45, 7) is 0.626. The van der Waals surface area contributed by atoms with Crippen LogP contribution in [0.25, 0.3) is 5.52 Å². The van der Waals surface area contributed by atoms with Gasteiger partial charge in [-0.2, -0.15) is 0 Å². The highest BCUT2D eigenvalue weighted by atomic mass is 35.5. The molecular weight excluding hydrogens is 316 g/mol. The molecule has 0 bridgehead atoms. The van der Waals surface area contributed by atoms with Gasteiger partial charge in [0.15, 0.2) is 5.15 Å². The Morgan fingerprint density at radius 2 is 2.13 bits per heavy atom. The van der Waals surface area contributed by atoms with E-state index in [1.54, 1.807) is 12.4 Å². The van der Waals surface area contributed by atoms with Gasteiger partial charge in [-0.05, 0) is 25.7 Å². The zero-order valence-electron chi connectivity index (χ0n) is 12.5. The topological polar surface area (TPSA) is 70.7 Å². The van der Waals surface area contributed by atoms with E-state index in [1.807, 2.05) is 15.5 Å². The summed E-state index contributed by atoms with van der Waals surface area (Å²) in [5.74, 6) is 1.22. The molecule has 23 heavy (non-hydrogen) atoms. The zero-order valence-corrected chi connectivity index (χ0v) is 13.3. The largest absolute Gasteiger partial charge is 0.390 e. The van der Waals surface area contributed by atoms with Gasteiger partial charge in [-0.25, -0.2) is 9.97 Å². The maximum atomic E-state index is 12.7. The maximum absolute atomic E-state index is 12.7. The number of aliphatic hydroxyl groups is 1. The van der Waals surface area contributed by atoms with E-state index in [-0.39, 0.29) is 17.9 Å². The molecule has 2 aromatic heterocycles. The Kier molecular flexibility index (Phi) is 2.66. The summed E-state index contributed by atoms with van der Waals surface area (Å²) < 4.78 is 1.96. The number of halogens is 1. The van der Waals surface area contributed by atoms with Gasteiger partial charge in [0.05, 0.1) is 23.8 Å². The van der Waals surface area contributed by atoms with Gasteiger partial charge in [0, 0.05) is 24.9 Å². The van der Waals surface area contributed by atoms with E-state index >= 15 is 0 Å². The lowest BCUT2D eigenvalue weighted by Gasteiger charge is -2.35. The van der Waals surface area contributed by atoms with Gasteiger partial charge in [-0.1, -0.05) is 11.6 Å². The molecule has 3 unspecified atom stereocenters. The maximum Gasteiger partial charge on any atom is 0.231 e. The molecule has 2 aliphatic heterocycles. The van der Waals surface area contributed by atoms with Crippen molar-refractivity contribution in [1.29, 1.82) is 0 Å². The zero-order chi connectivity index (χ0) is 15.8. The molecule has 3 fully saturated rings. The number of carbonyl (C=O) groups excluding carboxylic acids is 1. The quantitative estimate of drug-likeness (QED) is 0.861. The SMILES string of the molecule is O=C1N2CC(c3ncc4c(Cl)nccn34)CCC2C(O)C12CC2. The van der Waals surface area contributed by atoms with Crippen LogP contribution in [0.5, 0.6) is 0 Å². The van der Waals surface area contributed by atoms with E-state index in [1.165, 1.54) is 0 Å². The summed E-state index contributed by atoms with van der Waals surface area (Å²) in [5.41, 5.74) is 0.333. The Morgan fingerprint density at radius 3 is 2.91 bits per heavy atom. The second-order valence-corrected chi connectivity index (χ2v) is 7.35. The number of aromatic nitrogens is 3. The first-order valence-electron chi connectivity index (χ1n) is 8.08. The van der Waals surface area contributed by atoms with Crippen molar-refractivity contribution in [2.45, 2.75) is 43.7 Å². The molecule has 2 saturated heterocycles. The van der Waals surface area contributed by atoms with Gasteiger partial charge >= 0.3 is 0 Å². The summed E-state index contributed by atoms with van der Waals surface area (Å²) >= 11 is 6.12. The fourth-order valence-electron chi connectivity index (χ4n) is 4.41. The number of aliphatic hydroxyl groups excluding tert-OH is 1. The van der Waals surface area contributed by atoms with Crippen molar-refractivity contribution in [2.75, 3.05) is 6.54 Å². The van der Waals surface area contributed by atoms with Crippen LogP contribution < -0.4 is 0 Å². The van der Waals surface area contributed by atoms with E-state index < -0.39 is 11.5 Å². The third kappa shape index (κ3) is 1.71. The Hall–Kier alpha value is -1.66. The van der Waals surface area contributed by atoms with E-state index in [4.69, 9.17) is 11.6 Å². The number of rotatable bonds is 1. The van der Waals surface area contributed by atoms with Crippen molar-refractivity contribution < 1.29 is 9.90 Å². The summed E-state index contributed by atoms with van der Waals surface area (Å²) in [5, 5.41) is 10.9. The Balaban J connectivity index is 1.49. The molecule has 1 saturated carbocycles. The average molecular weight is 333 g/mol. The first-order chi connectivity index (χ1) is 11.1. The fourth-order valence-corrected chi connectivity index (χ4v) is 4.60. The van der Waals surface area contributed by atoms with Gasteiger partial charge in [-0.3, -0.25) is 9.20 Å². The molecule has 7 heteroatoms. The monoisotopic (exact) mass is 332 g/mol. The van der Waals surface area contributed by atoms with Crippen LogP contribution in [-0.2, 0) is 4.79 Å². The highest BCUT2D eigenvalue weighted by Crippen LogP contribution is 2.57. The number of hydrogen-bond donors (Lipinski definition) is 1. The van der Waals surface area contributed by atoms with Gasteiger partial charge in [-0.15, -0.1) is 0 Å². The molecule has 3 atom stereocenters. The molecule has 6 nitrogen and oxygen atoms in total. The van der Waals surface area contributed by atoms with Crippen molar-refractivity contribution in [3.63, 3.8) is 0 Å². The Labute approximate surface area is 138 Å². The van der Waals surface area contributed by atoms with Crippen molar-refractivity contribution in [3.8, 4) is 0 Å². The second-order valence-electron chi connectivity index (χ2n) is 6.99. The van der Waals surface area contributed by atoms with Crippen molar-refractivity contribution in [1.82, 2.24) is 19.3 Å². The number of piperidine rings is 1. The van der Waals surface area contributed by atoms with Crippen molar-refractivity contribution in [2.24, 2.45) is 5.41 Å². The molecule has 3 aliphatic rings. The smallest absolute Gasteiger partial charge is 0.231 e. The first-order valence-corrected chi connectivity index (χ1v) is 8.46. The van der Waals surface area contributed by atoms with Crippen LogP contribution >= 0.6 is 11.6 Å². The average Bonchev–Trinajstić information content (AvgIpc) is 3.21. The lowest BCUT2D eigenvalue weighted by molar-refractivity contribution is -0.134. The minimum atomic E-state index is -0.494. The van der Waals surface area contributed by atoms with Crippen LogP contribution in [0.15, 0.2) is 18.6 Å². The highest BCUT2D eigenvalue weighted by molar-refractivity contribution is 6.32. The van der Waals surface area contributed by atoms with E-state index in [0.717, 1.165) is 37.0 Å². The van der Waals surface area contributed by atoms with Crippen LogP contribution in [-0.4, -0.2) is 49.0 Å². The lowest BCUT2D eigenvalue weighted by atomic mass is 9.89. The summed E-state index contributed by atoms with van der Waals surface area (Å²) in [4.78, 5) is 23.2. The molecule has 0 aromatic carbocycles. The fraction of sp³-hybridized carbons (Fsp3) is 0.562. The standard InChI is InChI=1S/C16H17ClN4O2/c17-13-11-7-19-14(20(11)6-5-18-13)9-1-2-10-12(22)16(3-4-16)15(23)21(10)8-9/h5-7,9-10,12,22H,1-4,8H2. The summed E-state index contributed by atoms with van der Waals surface area (Å²) in [7, 11) is 0. The normalized spacial score (nSPS) is 31.8. The van der Waals surface area contributed by atoms with Crippen LogP contribution in [0, 0.1) is 5.41 Å². The van der Waals surface area contributed by atoms with Crippen LogP contribution in [0.4, 0.5) is 0 Å². The molecule has 0 radical (unpaired) electrons. The lowest BCUT2D eigenvalue weighted by Crippen LogP contribution is -2.44. The first kappa shape index (κ1) is 13.7. The molecule has 1 spiro atoms. The molecular formula is C16H17ClN4O2. The summed E-state index contributed by atoms with van der Waals surface area (Å²) in [6, 6.07) is -0.0160. The molecule has 120 valence electrons. The van der Waals surface area contributed by atoms with Gasteiger partial charge in [0.2, 0.25) is 5.91 Å². The van der Waals surface area contributed by atoms with Crippen molar-refractivity contribution >= 4 is 23.0 Å². The van der Waals surface area contributed by atoms with Crippen molar-refractivity contribution in [3.05, 3.63) is 29.6 Å². The number of nitrogens with zero attached hydrogens (tertiary/aromatic N) is 4. The van der Waals surface area contributed by atoms with E-state index in [9.17, 15) is 9.90 Å². The molecule has 2 aromatic rings. The molecule has 1 N–H and O–H groups in total. The Morgan fingerprint density at radius 1 is 1.30 bits per heavy atom. The summed E-state index contributed by atoms with van der Waals surface area (Å²) in [6.07, 6.45) is 8.17. The molecule has 1 aliphatic carbocycles. The number of amides is 1. The number of imidazole rings is 1. The van der Waals surface area contributed by atoms with Gasteiger partial charge < -0.3 is 10.0 Å². The minimum absolute atomic E-state index is 0.0160. The minimum Gasteiger partial charge on any atom is -0.390 e. The predicted octanol–water partition coefficient (Wildman–Crippen LogP) is 1.61. The number of hydrogen-bond acceptors (Lipinski definition) is 4. The van der Waals surface area contributed by atoms with E-state index in [0.29, 0.717) is 11.7 Å². The predicted molar refractivity (Wildman–Crippen MR) is 83.1 cm³/mol. The van der Waals surface area contributed by atoms with Gasteiger partial charge in [0.1, 0.15) is 11.3 Å². The number of fused-ring (bicyclic) bond motifs is 2. The van der Waals surface area contributed by atoms with Gasteiger partial charge in [0.25, 0.3) is 0 Å². The molecule has 4 heterocycles. The van der Waals surface area contributed by atoms with E-state index in [2.05, 4.69) is 9.97 Å². The number of carbonyl (C=O) groups is 1. The highest BCUT2D eigenvalue weighted by Gasteiger charge is 2.66. The van der Waals surface area contributed by atoms with Crippen LogP contribution in [0.3, 0.4) is 0 Å².